The fourth-order valence-corrected chi connectivity index (χ4v) is 3.51. The Kier molecular flexibility index (Phi) is 4.49. The Bertz CT molecular complexity index is 1000. The number of sulfone groups is 1. The standard InChI is InChI=1S/C19H18FNO3S/c1-12-17(11-22)18(13-3-7-15(20)8-4-13)19(21-12)14-5-9-16(10-6-14)25(2,23)24/h3-10,21-22H,11H2,1-2H3. The summed E-state index contributed by atoms with van der Waals surface area (Å²) in [6.45, 7) is 1.70. The Balaban J connectivity index is 2.18. The van der Waals surface area contributed by atoms with Crippen LogP contribution in [0.15, 0.2) is 53.4 Å². The number of hydrogen-bond donors (Lipinski definition) is 2. The number of aromatic amines is 1. The Labute approximate surface area is 145 Å². The van der Waals surface area contributed by atoms with Crippen LogP contribution in [0.5, 0.6) is 0 Å². The lowest BCUT2D eigenvalue weighted by Gasteiger charge is -2.08. The summed E-state index contributed by atoms with van der Waals surface area (Å²) in [5, 5.41) is 9.75. The summed E-state index contributed by atoms with van der Waals surface area (Å²) in [5.41, 5.74) is 4.64. The Morgan fingerprint density at radius 3 is 2.08 bits per heavy atom. The monoisotopic (exact) mass is 359 g/mol. The number of rotatable bonds is 4. The average Bonchev–Trinajstić information content (AvgIpc) is 2.91. The summed E-state index contributed by atoms with van der Waals surface area (Å²) in [7, 11) is -3.27. The van der Waals surface area contributed by atoms with Crippen molar-refractivity contribution in [2.24, 2.45) is 0 Å². The van der Waals surface area contributed by atoms with Gasteiger partial charge in [0.1, 0.15) is 5.82 Å². The van der Waals surface area contributed by atoms with E-state index in [1.54, 1.807) is 36.4 Å². The van der Waals surface area contributed by atoms with E-state index in [4.69, 9.17) is 0 Å². The zero-order valence-corrected chi connectivity index (χ0v) is 14.7. The third kappa shape index (κ3) is 3.36. The van der Waals surface area contributed by atoms with Crippen LogP contribution in [0.3, 0.4) is 0 Å². The highest BCUT2D eigenvalue weighted by atomic mass is 32.2. The van der Waals surface area contributed by atoms with E-state index < -0.39 is 9.84 Å². The zero-order valence-electron chi connectivity index (χ0n) is 13.9. The minimum Gasteiger partial charge on any atom is -0.392 e. The summed E-state index contributed by atoms with van der Waals surface area (Å²) >= 11 is 0. The van der Waals surface area contributed by atoms with E-state index in [9.17, 15) is 17.9 Å². The Morgan fingerprint density at radius 1 is 1.00 bits per heavy atom. The van der Waals surface area contributed by atoms with Gasteiger partial charge in [0.05, 0.1) is 17.2 Å². The van der Waals surface area contributed by atoms with Crippen molar-refractivity contribution in [3.63, 3.8) is 0 Å². The third-order valence-corrected chi connectivity index (χ3v) is 5.31. The van der Waals surface area contributed by atoms with Gasteiger partial charge in [-0.25, -0.2) is 12.8 Å². The molecule has 1 aromatic heterocycles. The Morgan fingerprint density at radius 2 is 1.56 bits per heavy atom. The molecule has 0 atom stereocenters. The zero-order chi connectivity index (χ0) is 18.2. The van der Waals surface area contributed by atoms with E-state index >= 15 is 0 Å². The van der Waals surface area contributed by atoms with Gasteiger partial charge >= 0.3 is 0 Å². The van der Waals surface area contributed by atoms with Gasteiger partial charge in [-0.15, -0.1) is 0 Å². The first-order valence-corrected chi connectivity index (χ1v) is 9.59. The maximum Gasteiger partial charge on any atom is 0.175 e. The molecule has 0 aliphatic carbocycles. The van der Waals surface area contributed by atoms with Crippen molar-refractivity contribution in [3.05, 3.63) is 65.6 Å². The largest absolute Gasteiger partial charge is 0.392 e. The molecule has 2 N–H and O–H groups in total. The molecule has 130 valence electrons. The number of hydrogen-bond acceptors (Lipinski definition) is 3. The minimum absolute atomic E-state index is 0.156. The van der Waals surface area contributed by atoms with Crippen molar-refractivity contribution in [3.8, 4) is 22.4 Å². The van der Waals surface area contributed by atoms with Crippen molar-refractivity contribution in [1.82, 2.24) is 4.98 Å². The lowest BCUT2D eigenvalue weighted by molar-refractivity contribution is 0.281. The molecule has 0 unspecified atom stereocenters. The van der Waals surface area contributed by atoms with Crippen LogP contribution in [0.4, 0.5) is 4.39 Å². The molecule has 4 nitrogen and oxygen atoms in total. The van der Waals surface area contributed by atoms with E-state index in [1.807, 2.05) is 6.92 Å². The average molecular weight is 359 g/mol. The Hall–Kier alpha value is -2.44. The van der Waals surface area contributed by atoms with Gasteiger partial charge in [-0.2, -0.15) is 0 Å². The van der Waals surface area contributed by atoms with Crippen LogP contribution in [0.1, 0.15) is 11.3 Å². The van der Waals surface area contributed by atoms with Gasteiger partial charge < -0.3 is 10.1 Å². The van der Waals surface area contributed by atoms with E-state index in [0.717, 1.165) is 39.9 Å². The number of aliphatic hydroxyl groups is 1. The number of aryl methyl sites for hydroxylation is 1. The molecule has 0 fully saturated rings. The molecule has 0 amide bonds. The summed E-state index contributed by atoms with van der Waals surface area (Å²) in [5.74, 6) is -0.333. The highest BCUT2D eigenvalue weighted by Crippen LogP contribution is 2.37. The first kappa shape index (κ1) is 17.4. The summed E-state index contributed by atoms with van der Waals surface area (Å²) in [6, 6.07) is 12.6. The molecule has 1 heterocycles. The molecule has 2 aromatic carbocycles. The minimum atomic E-state index is -3.27. The normalized spacial score (nSPS) is 11.7. The maximum atomic E-state index is 13.3. The van der Waals surface area contributed by atoms with Crippen LogP contribution in [-0.2, 0) is 16.4 Å². The summed E-state index contributed by atoms with van der Waals surface area (Å²) < 4.78 is 36.5. The summed E-state index contributed by atoms with van der Waals surface area (Å²) in [6.07, 6.45) is 1.16. The van der Waals surface area contributed by atoms with E-state index in [0.29, 0.717) is 0 Å². The number of aromatic nitrogens is 1. The number of nitrogens with one attached hydrogen (secondary N) is 1. The van der Waals surface area contributed by atoms with Crippen molar-refractivity contribution in [2.75, 3.05) is 6.26 Å². The predicted octanol–water partition coefficient (Wildman–Crippen LogP) is 3.69. The lowest BCUT2D eigenvalue weighted by atomic mass is 9.97. The number of aliphatic hydroxyl groups excluding tert-OH is 1. The van der Waals surface area contributed by atoms with Crippen molar-refractivity contribution in [1.29, 1.82) is 0 Å². The summed E-state index contributed by atoms with van der Waals surface area (Å²) in [4.78, 5) is 3.49. The van der Waals surface area contributed by atoms with Crippen LogP contribution in [0.25, 0.3) is 22.4 Å². The van der Waals surface area contributed by atoms with Crippen LogP contribution in [0.2, 0.25) is 0 Å². The van der Waals surface area contributed by atoms with Crippen LogP contribution < -0.4 is 0 Å². The first-order chi connectivity index (χ1) is 11.8. The van der Waals surface area contributed by atoms with Gasteiger partial charge in [0.2, 0.25) is 0 Å². The first-order valence-electron chi connectivity index (χ1n) is 7.70. The molecule has 0 saturated carbocycles. The smallest absolute Gasteiger partial charge is 0.175 e. The molecule has 0 saturated heterocycles. The molecule has 0 bridgehead atoms. The molecule has 6 heteroatoms. The molecular formula is C19H18FNO3S. The molecule has 25 heavy (non-hydrogen) atoms. The van der Waals surface area contributed by atoms with Crippen LogP contribution in [0, 0.1) is 12.7 Å². The van der Waals surface area contributed by atoms with Crippen LogP contribution >= 0.6 is 0 Å². The number of benzene rings is 2. The van der Waals surface area contributed by atoms with Crippen molar-refractivity contribution in [2.45, 2.75) is 18.4 Å². The number of halogens is 1. The molecule has 3 aromatic rings. The second kappa shape index (κ2) is 6.46. The van der Waals surface area contributed by atoms with Gasteiger partial charge in [0.25, 0.3) is 0 Å². The number of H-pyrrole nitrogens is 1. The molecule has 0 radical (unpaired) electrons. The lowest BCUT2D eigenvalue weighted by Crippen LogP contribution is -1.96. The molecule has 3 rings (SSSR count). The molecule has 0 aliphatic heterocycles. The van der Waals surface area contributed by atoms with Crippen molar-refractivity contribution < 1.29 is 17.9 Å². The van der Waals surface area contributed by atoms with E-state index in [-0.39, 0.29) is 17.3 Å². The predicted molar refractivity (Wildman–Crippen MR) is 95.4 cm³/mol. The van der Waals surface area contributed by atoms with Gasteiger partial charge in [-0.1, -0.05) is 24.3 Å². The fraction of sp³-hybridized carbons (Fsp3) is 0.158. The topological polar surface area (TPSA) is 70.2 Å². The third-order valence-electron chi connectivity index (χ3n) is 4.18. The second-order valence-corrected chi connectivity index (χ2v) is 7.96. The second-order valence-electron chi connectivity index (χ2n) is 5.94. The molecular weight excluding hydrogens is 341 g/mol. The van der Waals surface area contributed by atoms with Gasteiger partial charge in [0.15, 0.2) is 9.84 Å². The SMILES string of the molecule is Cc1[nH]c(-c2ccc(S(C)(=O)=O)cc2)c(-c2ccc(F)cc2)c1CO. The van der Waals surface area contributed by atoms with E-state index in [2.05, 4.69) is 4.98 Å². The quantitative estimate of drug-likeness (QED) is 0.746. The van der Waals surface area contributed by atoms with Gasteiger partial charge in [0, 0.05) is 23.1 Å². The van der Waals surface area contributed by atoms with Gasteiger partial charge in [-0.05, 0) is 42.3 Å². The highest BCUT2D eigenvalue weighted by molar-refractivity contribution is 7.90. The highest BCUT2D eigenvalue weighted by Gasteiger charge is 2.18. The molecule has 0 spiro atoms. The fourth-order valence-electron chi connectivity index (χ4n) is 2.88. The maximum absolute atomic E-state index is 13.3. The van der Waals surface area contributed by atoms with Crippen LogP contribution in [-0.4, -0.2) is 24.8 Å². The molecule has 0 aliphatic rings. The van der Waals surface area contributed by atoms with Crippen molar-refractivity contribution >= 4 is 9.84 Å². The van der Waals surface area contributed by atoms with Gasteiger partial charge in [-0.3, -0.25) is 0 Å². The van der Waals surface area contributed by atoms with E-state index in [1.165, 1.54) is 12.1 Å².